The maximum atomic E-state index is 12.6. The van der Waals surface area contributed by atoms with Gasteiger partial charge in [-0.05, 0) is 142 Å². The summed E-state index contributed by atoms with van der Waals surface area (Å²) in [4.78, 5) is 73.5. The number of halogens is 4. The summed E-state index contributed by atoms with van der Waals surface area (Å²) in [6, 6.07) is 37.3. The summed E-state index contributed by atoms with van der Waals surface area (Å²) in [5, 5.41) is 82.4. The molecule has 12 aromatic rings. The number of fused-ring (bicyclic) bond motifs is 6. The van der Waals surface area contributed by atoms with E-state index in [0.717, 1.165) is 57.5 Å². The lowest BCUT2D eigenvalue weighted by molar-refractivity contribution is -0.672. The van der Waals surface area contributed by atoms with Crippen molar-refractivity contribution in [3.63, 3.8) is 0 Å². The molecule has 0 radical (unpaired) electrons. The molecule has 0 spiro atoms. The third-order valence-electron chi connectivity index (χ3n) is 20.1. The van der Waals surface area contributed by atoms with E-state index >= 15 is 0 Å². The van der Waals surface area contributed by atoms with Crippen LogP contribution in [0.3, 0.4) is 0 Å². The fourth-order valence-electron chi connectivity index (χ4n) is 13.6. The molecule has 41 heteroatoms. The van der Waals surface area contributed by atoms with Gasteiger partial charge in [-0.2, -0.15) is 23.7 Å². The van der Waals surface area contributed by atoms with Gasteiger partial charge in [0, 0.05) is 74.2 Å². The fraction of sp³-hybridized carbons (Fsp3) is 0.217. The highest BCUT2D eigenvalue weighted by Crippen LogP contribution is 2.39. The van der Waals surface area contributed by atoms with Crippen LogP contribution in [0.5, 0.6) is 74.7 Å². The number of rotatable bonds is 21. The molecule has 0 bridgehead atoms. The Bertz CT molecular complexity index is 6060. The van der Waals surface area contributed by atoms with Crippen molar-refractivity contribution < 1.29 is 124 Å². The quantitative estimate of drug-likeness (QED) is 0.0260. The molecule has 0 unspecified atom stereocenters. The summed E-state index contributed by atoms with van der Waals surface area (Å²) < 4.78 is 73.7. The molecule has 37 nitrogen and oxygen atoms in total. The predicted molar refractivity (Wildman–Crippen MR) is 476 cm³/mol. The number of nitrogens with one attached hydrogen (secondary N) is 6. The number of aliphatic hydroxyl groups excluding tert-OH is 1. The lowest BCUT2D eigenvalue weighted by atomic mass is 9.99. The Kier molecular flexibility index (Phi) is 31.8. The number of pyridine rings is 6. The second kappa shape index (κ2) is 44.4. The van der Waals surface area contributed by atoms with E-state index in [1.807, 2.05) is 98.8 Å². The number of hydrogen-bond acceptors (Lipinski definition) is 25. The number of aromatic nitrogens is 6. The van der Waals surface area contributed by atoms with Crippen molar-refractivity contribution >= 4 is 86.2 Å². The van der Waals surface area contributed by atoms with E-state index < -0.39 is 5.91 Å². The first-order chi connectivity index (χ1) is 64.0. The summed E-state index contributed by atoms with van der Waals surface area (Å²) in [7, 11) is 3.29. The van der Waals surface area contributed by atoms with Gasteiger partial charge in [0.15, 0.2) is 143 Å². The van der Waals surface area contributed by atoms with Gasteiger partial charge in [0.25, 0.3) is 35.4 Å². The van der Waals surface area contributed by atoms with Gasteiger partial charge in [-0.3, -0.25) is 28.8 Å². The van der Waals surface area contributed by atoms with Crippen LogP contribution in [-0.2, 0) is 52.9 Å². The summed E-state index contributed by atoms with van der Waals surface area (Å²) >= 11 is 20.8. The summed E-state index contributed by atoms with van der Waals surface area (Å²) in [5.41, 5.74) is 9.98. The zero-order valence-electron chi connectivity index (χ0n) is 71.8. The van der Waals surface area contributed by atoms with E-state index in [9.17, 15) is 59.9 Å². The standard InChI is InChI=1S/C17H18N2O5.C17H18N2O4.C16H16N2O4.C14H11BrN2O4.C14H10Cl2N2O4.C14H11ClN2O4/c1-19-7-12(9-20)16(15(8-19)22-2)17(21)18-6-11-3-4-13-14(5-11)24-10-23-13;1-11(2)14-9-19(21)6-5-13(14)17(20)18-8-12-3-4-15-16(7-12)23-10-22-15;1-10-7-18(20)8-11(2)15(10)16(19)17-6-12-3-4-13-14(5-12)22-9-21-13;15-11-7-17(19)4-3-10(11)14(18)16-6-9-1-2-12-13(5-9)21-8-20-12;15-9-5-18(20)6-10(16)13(9)14(19)17-4-8-1-2-11-12(3-8)22-7-21-11;15-11-7-17(19)4-3-10(11)14(18)16-6-9-1-2-12-13(5-9)21-8-20-12/h3-5,7-8,20H,6,9-10H2,1-2H3;3-7,9,11H,8,10H2,1-2H3,(H,18,20);3-5,7-8H,6,9H2,1-2H3,(H,17,19);1-5,7H,6,8H2,(H,16,18);1-3,5-6H,4,7H2,(H,17,19);1-5,7H,6,8H2,(H,16,18)/p+1. The van der Waals surface area contributed by atoms with Gasteiger partial charge in [0.1, 0.15) is 22.1 Å². The average molecular weight is 1950 g/mol. The number of benzene rings is 6. The molecule has 0 saturated carbocycles. The van der Waals surface area contributed by atoms with Crippen LogP contribution < -0.4 is 122 Å². The topological polar surface area (TPSA) is 453 Å². The Labute approximate surface area is 782 Å². The van der Waals surface area contributed by atoms with E-state index in [1.165, 1.54) is 62.6 Å². The zero-order chi connectivity index (χ0) is 94.5. The fourth-order valence-corrected chi connectivity index (χ4v) is 15.0. The third kappa shape index (κ3) is 25.0. The third-order valence-corrected chi connectivity index (χ3v) is 21.6. The molecule has 6 aliphatic heterocycles. The molecule has 6 aromatic carbocycles. The first kappa shape index (κ1) is 95.3. The van der Waals surface area contributed by atoms with E-state index in [2.05, 4.69) is 47.8 Å². The van der Waals surface area contributed by atoms with Crippen LogP contribution in [-0.4, -0.2) is 88.4 Å². The van der Waals surface area contributed by atoms with Crippen molar-refractivity contribution in [1.29, 1.82) is 0 Å². The van der Waals surface area contributed by atoms with Crippen molar-refractivity contribution in [1.82, 2.24) is 31.9 Å². The second-order valence-corrected chi connectivity index (χ2v) is 31.9. The molecule has 690 valence electrons. The van der Waals surface area contributed by atoms with Crippen molar-refractivity contribution in [2.45, 2.75) is 79.5 Å². The average Bonchev–Trinajstić information content (AvgIpc) is 1.73. The van der Waals surface area contributed by atoms with Crippen LogP contribution in [0.4, 0.5) is 0 Å². The Morgan fingerprint density at radius 3 is 1.01 bits per heavy atom. The highest BCUT2D eigenvalue weighted by Gasteiger charge is 2.27. The van der Waals surface area contributed by atoms with Gasteiger partial charge in [-0.25, -0.2) is 4.57 Å². The summed E-state index contributed by atoms with van der Waals surface area (Å²) in [6.07, 6.45) is 16.0. The van der Waals surface area contributed by atoms with Crippen LogP contribution in [0, 0.1) is 39.9 Å². The molecular weight excluding hydrogens is 1860 g/mol. The van der Waals surface area contributed by atoms with E-state index in [-0.39, 0.29) is 116 Å². The maximum Gasteiger partial charge on any atom is 0.256 e. The normalized spacial score (nSPS) is 12.3. The number of methoxy groups -OCH3 is 1. The number of aryl methyl sites for hydroxylation is 3. The van der Waals surface area contributed by atoms with Crippen LogP contribution in [0.2, 0.25) is 15.1 Å². The molecule has 133 heavy (non-hydrogen) atoms. The van der Waals surface area contributed by atoms with Gasteiger partial charge in [-0.1, -0.05) is 85.0 Å². The molecular formula is C92H85BrCl3N12O25+. The lowest BCUT2D eigenvalue weighted by Crippen LogP contribution is -2.32. The molecule has 0 fully saturated rings. The summed E-state index contributed by atoms with van der Waals surface area (Å²) in [6.45, 7) is 10.4. The van der Waals surface area contributed by atoms with Gasteiger partial charge < -0.3 is 125 Å². The Hall–Kier alpha value is -15.3. The number of ether oxygens (including phenoxy) is 13. The van der Waals surface area contributed by atoms with Gasteiger partial charge in [-0.15, -0.1) is 0 Å². The Balaban J connectivity index is 0.000000136. The second-order valence-electron chi connectivity index (χ2n) is 29.8. The maximum absolute atomic E-state index is 12.6. The van der Waals surface area contributed by atoms with Crippen LogP contribution in [0.15, 0.2) is 206 Å². The molecule has 6 amide bonds. The van der Waals surface area contributed by atoms with Crippen LogP contribution in [0.1, 0.15) is 138 Å². The number of carbonyl (C=O) groups excluding carboxylic acids is 6. The SMILES string of the molecule is CC(C)c1c[n+]([O-])ccc1C(=O)NCc1ccc2c(c1)OCO2.COc1c[n+](C)cc(CO)c1C(=O)NCc1ccc2c(c1)OCO2.Cc1c[n+]([O-])cc(C)c1C(=O)NCc1ccc2c(c1)OCO2.O=C(NCc1ccc2c(c1)OCO2)c1c(Cl)c[n+]([O-])cc1Cl.O=C(NCc1ccc2c(c1)OCO2)c1cc[n+]([O-])cc1Br.O=C(NCc1ccc2c(c1)OCO2)c1cc[n+]([O-])cc1Cl. The number of hydrogen-bond donors (Lipinski definition) is 7. The molecule has 6 aliphatic rings. The minimum absolute atomic E-state index is 0.00862. The molecule has 0 atom stereocenters. The molecule has 7 N–H and O–H groups in total. The highest BCUT2D eigenvalue weighted by molar-refractivity contribution is 9.10. The molecule has 18 rings (SSSR count). The lowest BCUT2D eigenvalue weighted by Gasteiger charge is -2.12. The highest BCUT2D eigenvalue weighted by atomic mass is 79.9. The largest absolute Gasteiger partial charge is 0.619 e. The zero-order valence-corrected chi connectivity index (χ0v) is 75.6. The molecule has 6 aromatic heterocycles. The Morgan fingerprint density at radius 1 is 0.368 bits per heavy atom. The number of nitrogens with zero attached hydrogens (tertiary/aromatic N) is 6. The van der Waals surface area contributed by atoms with E-state index in [0.29, 0.717) is 175 Å². The van der Waals surface area contributed by atoms with Crippen molar-refractivity contribution in [2.75, 3.05) is 47.9 Å². The number of carbonyl (C=O) groups is 6. The number of amides is 6. The Morgan fingerprint density at radius 2 is 0.662 bits per heavy atom. The van der Waals surface area contributed by atoms with Crippen molar-refractivity contribution in [3.05, 3.63) is 336 Å². The minimum atomic E-state index is -0.465. The predicted octanol–water partition coefficient (Wildman–Crippen LogP) is 10.0. The van der Waals surface area contributed by atoms with E-state index in [1.54, 1.807) is 68.2 Å². The smallest absolute Gasteiger partial charge is 0.256 e. The monoisotopic (exact) mass is 1940 g/mol. The van der Waals surface area contributed by atoms with E-state index in [4.69, 9.17) is 96.4 Å². The number of aliphatic hydroxyl groups is 1. The van der Waals surface area contributed by atoms with Gasteiger partial charge >= 0.3 is 0 Å². The molecule has 0 saturated heterocycles. The van der Waals surface area contributed by atoms with Gasteiger partial charge in [0.2, 0.25) is 47.0 Å². The first-order valence-corrected chi connectivity index (χ1v) is 42.4. The summed E-state index contributed by atoms with van der Waals surface area (Å²) in [5.74, 6) is 6.91. The molecule has 0 aliphatic carbocycles. The van der Waals surface area contributed by atoms with Crippen LogP contribution in [0.25, 0.3) is 0 Å². The van der Waals surface area contributed by atoms with Gasteiger partial charge in [0.05, 0.1) is 57.1 Å². The van der Waals surface area contributed by atoms with Crippen molar-refractivity contribution in [3.8, 4) is 74.7 Å². The molecule has 12 heterocycles. The van der Waals surface area contributed by atoms with Crippen molar-refractivity contribution in [2.24, 2.45) is 7.05 Å². The first-order valence-electron chi connectivity index (χ1n) is 40.5. The van der Waals surface area contributed by atoms with Crippen LogP contribution >= 0.6 is 50.7 Å². The minimum Gasteiger partial charge on any atom is -0.619 e.